The van der Waals surface area contributed by atoms with Crippen LogP contribution in [0.25, 0.3) is 5.69 Å². The quantitative estimate of drug-likeness (QED) is 0.753. The second-order valence-corrected chi connectivity index (χ2v) is 6.92. The van der Waals surface area contributed by atoms with Crippen LogP contribution in [-0.4, -0.2) is 32.4 Å². The second kappa shape index (κ2) is 7.26. The third-order valence-corrected chi connectivity index (χ3v) is 4.82. The summed E-state index contributed by atoms with van der Waals surface area (Å²) in [7, 11) is 0. The summed E-state index contributed by atoms with van der Waals surface area (Å²) < 4.78 is 6.98. The lowest BCUT2D eigenvalue weighted by Crippen LogP contribution is -2.41. The Morgan fingerprint density at radius 3 is 2.74 bits per heavy atom. The number of rotatable bonds is 3. The molecule has 1 atom stereocenters. The van der Waals surface area contributed by atoms with Crippen molar-refractivity contribution in [3.05, 3.63) is 59.6 Å². The highest BCUT2D eigenvalue weighted by atomic mass is 16.5. The molecule has 1 N–H and O–H groups in total. The van der Waals surface area contributed by atoms with Gasteiger partial charge in [0, 0.05) is 18.7 Å². The first-order valence-electron chi connectivity index (χ1n) is 9.25. The minimum absolute atomic E-state index is 0.0645. The molecule has 1 saturated heterocycles. The van der Waals surface area contributed by atoms with Crippen LogP contribution < -0.4 is 5.32 Å². The van der Waals surface area contributed by atoms with Gasteiger partial charge in [0.2, 0.25) is 0 Å². The van der Waals surface area contributed by atoms with Gasteiger partial charge in [-0.25, -0.2) is 9.48 Å². The van der Waals surface area contributed by atoms with E-state index in [4.69, 9.17) is 4.52 Å². The number of para-hydroxylation sites is 1. The highest BCUT2D eigenvalue weighted by molar-refractivity contribution is 5.89. The Balaban J connectivity index is 1.58. The summed E-state index contributed by atoms with van der Waals surface area (Å²) in [6, 6.07) is 13.4. The van der Waals surface area contributed by atoms with E-state index in [2.05, 4.69) is 15.6 Å². The summed E-state index contributed by atoms with van der Waals surface area (Å²) in [4.78, 5) is 14.9. The van der Waals surface area contributed by atoms with Crippen LogP contribution in [0.3, 0.4) is 0 Å². The summed E-state index contributed by atoms with van der Waals surface area (Å²) in [5.41, 5.74) is 2.56. The van der Waals surface area contributed by atoms with E-state index >= 15 is 0 Å². The fourth-order valence-electron chi connectivity index (χ4n) is 3.56. The molecule has 3 aromatic rings. The third-order valence-electron chi connectivity index (χ3n) is 4.82. The normalized spacial score (nSPS) is 17.1. The molecule has 4 rings (SSSR count). The second-order valence-electron chi connectivity index (χ2n) is 6.92. The third kappa shape index (κ3) is 3.58. The highest BCUT2D eigenvalue weighted by Gasteiger charge is 2.30. The standard InChI is InChI=1S/C20H23N5O2/c1-14-12-19(25(22-14)16-8-4-3-5-9-16)21-20(26)24-11-7-6-10-18(24)17-13-15(2)27-23-17/h3-5,8-9,12-13,18H,6-7,10-11H2,1-2H3,(H,21,26)/t18-/m1/s1. The van der Waals surface area contributed by atoms with Gasteiger partial charge in [0.05, 0.1) is 17.4 Å². The van der Waals surface area contributed by atoms with E-state index < -0.39 is 0 Å². The fraction of sp³-hybridized carbons (Fsp3) is 0.350. The zero-order valence-corrected chi connectivity index (χ0v) is 15.6. The molecule has 7 heteroatoms. The van der Waals surface area contributed by atoms with Crippen LogP contribution in [-0.2, 0) is 0 Å². The fourth-order valence-corrected chi connectivity index (χ4v) is 3.56. The molecule has 27 heavy (non-hydrogen) atoms. The number of hydrogen-bond acceptors (Lipinski definition) is 4. The zero-order chi connectivity index (χ0) is 18.8. The number of aromatic nitrogens is 3. The number of carbonyl (C=O) groups excluding carboxylic acids is 1. The van der Waals surface area contributed by atoms with Crippen molar-refractivity contribution in [1.82, 2.24) is 19.8 Å². The molecule has 0 unspecified atom stereocenters. The van der Waals surface area contributed by atoms with Crippen LogP contribution in [0.4, 0.5) is 10.6 Å². The lowest BCUT2D eigenvalue weighted by atomic mass is 9.99. The van der Waals surface area contributed by atoms with Crippen molar-refractivity contribution in [1.29, 1.82) is 0 Å². The number of benzene rings is 1. The van der Waals surface area contributed by atoms with Gasteiger partial charge in [0.1, 0.15) is 17.3 Å². The molecule has 3 heterocycles. The average molecular weight is 365 g/mol. The number of amides is 2. The van der Waals surface area contributed by atoms with E-state index in [1.54, 1.807) is 4.68 Å². The predicted molar refractivity (Wildman–Crippen MR) is 102 cm³/mol. The summed E-state index contributed by atoms with van der Waals surface area (Å²) in [5, 5.41) is 11.7. The Morgan fingerprint density at radius 1 is 1.19 bits per heavy atom. The molecule has 2 amide bonds. The monoisotopic (exact) mass is 365 g/mol. The van der Waals surface area contributed by atoms with Gasteiger partial charge in [-0.1, -0.05) is 23.4 Å². The maximum Gasteiger partial charge on any atom is 0.323 e. The van der Waals surface area contributed by atoms with Crippen molar-refractivity contribution in [2.45, 2.75) is 39.2 Å². The number of carbonyl (C=O) groups is 1. The zero-order valence-electron chi connectivity index (χ0n) is 15.6. The molecule has 0 bridgehead atoms. The van der Waals surface area contributed by atoms with Crippen molar-refractivity contribution in [2.75, 3.05) is 11.9 Å². The van der Waals surface area contributed by atoms with E-state index in [1.807, 2.05) is 61.2 Å². The molecule has 1 aliphatic heterocycles. The maximum atomic E-state index is 13.1. The first-order valence-corrected chi connectivity index (χ1v) is 9.25. The van der Waals surface area contributed by atoms with E-state index in [0.717, 1.165) is 42.1 Å². The minimum atomic E-state index is -0.141. The molecule has 0 spiro atoms. The molecule has 7 nitrogen and oxygen atoms in total. The van der Waals surface area contributed by atoms with Gasteiger partial charge in [0.25, 0.3) is 0 Å². The first kappa shape index (κ1) is 17.3. The summed E-state index contributed by atoms with van der Waals surface area (Å²) in [5.74, 6) is 1.41. The molecule has 0 aliphatic carbocycles. The Hall–Kier alpha value is -3.09. The summed E-state index contributed by atoms with van der Waals surface area (Å²) >= 11 is 0. The van der Waals surface area contributed by atoms with E-state index in [1.165, 1.54) is 0 Å². The minimum Gasteiger partial charge on any atom is -0.361 e. The van der Waals surface area contributed by atoms with Crippen molar-refractivity contribution < 1.29 is 9.32 Å². The molecule has 0 saturated carbocycles. The van der Waals surface area contributed by atoms with E-state index in [9.17, 15) is 4.79 Å². The molecule has 0 radical (unpaired) electrons. The number of nitrogens with one attached hydrogen (secondary N) is 1. The molecular weight excluding hydrogens is 342 g/mol. The van der Waals surface area contributed by atoms with Gasteiger partial charge in [-0.05, 0) is 45.2 Å². The van der Waals surface area contributed by atoms with Gasteiger partial charge in [-0.15, -0.1) is 0 Å². The number of hydrogen-bond donors (Lipinski definition) is 1. The largest absolute Gasteiger partial charge is 0.361 e. The van der Waals surface area contributed by atoms with E-state index in [-0.39, 0.29) is 12.1 Å². The number of likely N-dealkylation sites (tertiary alicyclic amines) is 1. The molecule has 140 valence electrons. The smallest absolute Gasteiger partial charge is 0.323 e. The SMILES string of the molecule is Cc1cc(NC(=O)N2CCCC[C@@H]2c2cc(C)on2)n(-c2ccccc2)n1. The highest BCUT2D eigenvalue weighted by Crippen LogP contribution is 2.31. The molecule has 1 aliphatic rings. The summed E-state index contributed by atoms with van der Waals surface area (Å²) in [6.45, 7) is 4.47. The van der Waals surface area contributed by atoms with Crippen molar-refractivity contribution in [3.8, 4) is 5.69 Å². The lowest BCUT2D eigenvalue weighted by molar-refractivity contribution is 0.159. The number of nitrogens with zero attached hydrogens (tertiary/aromatic N) is 4. The molecule has 1 fully saturated rings. The predicted octanol–water partition coefficient (Wildman–Crippen LogP) is 4.24. The topological polar surface area (TPSA) is 76.2 Å². The molecule has 2 aromatic heterocycles. The van der Waals surface area contributed by atoms with Crippen molar-refractivity contribution in [2.24, 2.45) is 0 Å². The van der Waals surface area contributed by atoms with Gasteiger partial charge in [0.15, 0.2) is 0 Å². The number of anilines is 1. The van der Waals surface area contributed by atoms with Crippen molar-refractivity contribution in [3.63, 3.8) is 0 Å². The van der Waals surface area contributed by atoms with Crippen LogP contribution in [0.5, 0.6) is 0 Å². The van der Waals surface area contributed by atoms with Gasteiger partial charge in [-0.2, -0.15) is 5.10 Å². The van der Waals surface area contributed by atoms with Crippen LogP contribution >= 0.6 is 0 Å². The Labute approximate surface area is 158 Å². The number of urea groups is 1. The Kier molecular flexibility index (Phi) is 4.66. The summed E-state index contributed by atoms with van der Waals surface area (Å²) in [6.07, 6.45) is 2.94. The number of aryl methyl sites for hydroxylation is 2. The molecular formula is C20H23N5O2. The van der Waals surface area contributed by atoms with Crippen molar-refractivity contribution >= 4 is 11.8 Å². The maximum absolute atomic E-state index is 13.1. The van der Waals surface area contributed by atoms with Gasteiger partial charge in [-0.3, -0.25) is 5.32 Å². The first-order chi connectivity index (χ1) is 13.1. The van der Waals surface area contributed by atoms with Gasteiger partial charge >= 0.3 is 6.03 Å². The lowest BCUT2D eigenvalue weighted by Gasteiger charge is -2.34. The van der Waals surface area contributed by atoms with Crippen LogP contribution in [0.2, 0.25) is 0 Å². The van der Waals surface area contributed by atoms with Crippen LogP contribution in [0, 0.1) is 13.8 Å². The Morgan fingerprint density at radius 2 is 2.00 bits per heavy atom. The molecule has 1 aromatic carbocycles. The van der Waals surface area contributed by atoms with Gasteiger partial charge < -0.3 is 9.42 Å². The average Bonchev–Trinajstić information content (AvgIpc) is 3.28. The number of piperidine rings is 1. The Bertz CT molecular complexity index is 931. The van der Waals surface area contributed by atoms with E-state index in [0.29, 0.717) is 12.4 Å². The van der Waals surface area contributed by atoms with Crippen LogP contribution in [0.1, 0.15) is 42.5 Å². The van der Waals surface area contributed by atoms with Crippen LogP contribution in [0.15, 0.2) is 47.0 Å².